The molecule has 35 heavy (non-hydrogen) atoms. The quantitative estimate of drug-likeness (QED) is 0.253. The van der Waals surface area contributed by atoms with E-state index in [4.69, 9.17) is 24.2 Å². The Morgan fingerprint density at radius 2 is 1.54 bits per heavy atom. The van der Waals surface area contributed by atoms with Crippen LogP contribution in [-0.2, 0) is 0 Å². The topological polar surface area (TPSA) is 122 Å². The van der Waals surface area contributed by atoms with Crippen LogP contribution in [0.4, 0.5) is 5.82 Å². The Morgan fingerprint density at radius 1 is 0.800 bits per heavy atom. The highest BCUT2D eigenvalue weighted by molar-refractivity contribution is 8.00. The molecule has 0 aliphatic heterocycles. The van der Waals surface area contributed by atoms with Crippen LogP contribution in [0.25, 0.3) is 28.5 Å². The van der Waals surface area contributed by atoms with Crippen LogP contribution >= 0.6 is 11.9 Å². The predicted molar refractivity (Wildman–Crippen MR) is 131 cm³/mol. The van der Waals surface area contributed by atoms with Gasteiger partial charge in [-0.3, -0.25) is 4.57 Å². The molecule has 0 saturated carbocycles. The molecule has 0 aliphatic carbocycles. The summed E-state index contributed by atoms with van der Waals surface area (Å²) in [5.41, 5.74) is 2.08. The molecule has 0 fully saturated rings. The average molecular weight is 489 g/mol. The molecule has 0 unspecified atom stereocenters. The van der Waals surface area contributed by atoms with E-state index in [1.54, 1.807) is 52.1 Å². The molecule has 5 rings (SSSR count). The lowest BCUT2D eigenvalue weighted by Crippen LogP contribution is -2.05. The fourth-order valence-electron chi connectivity index (χ4n) is 3.43. The van der Waals surface area contributed by atoms with Crippen molar-refractivity contribution < 1.29 is 14.2 Å². The SMILES string of the molecule is COc1cccc(-c2nc3ncc(NSc4ncccn4)nc3n2-c2c(OC)cccc2OC)n1. The van der Waals surface area contributed by atoms with Crippen LogP contribution in [0.15, 0.2) is 66.2 Å². The minimum absolute atomic E-state index is 0.420. The van der Waals surface area contributed by atoms with Crippen molar-refractivity contribution >= 4 is 29.1 Å². The number of pyridine rings is 1. The van der Waals surface area contributed by atoms with E-state index in [0.29, 0.717) is 56.9 Å². The summed E-state index contributed by atoms with van der Waals surface area (Å²) in [7, 11) is 4.75. The lowest BCUT2D eigenvalue weighted by molar-refractivity contribution is 0.391. The molecule has 4 aromatic heterocycles. The first-order chi connectivity index (χ1) is 17.2. The van der Waals surface area contributed by atoms with Crippen molar-refractivity contribution in [3.8, 4) is 34.6 Å². The third kappa shape index (κ3) is 4.38. The molecule has 1 aromatic carbocycles. The van der Waals surface area contributed by atoms with Crippen molar-refractivity contribution in [3.63, 3.8) is 0 Å². The average Bonchev–Trinajstić information content (AvgIpc) is 3.30. The Bertz CT molecular complexity index is 1460. The Labute approximate surface area is 204 Å². The number of rotatable bonds is 8. The van der Waals surface area contributed by atoms with Gasteiger partial charge < -0.3 is 18.9 Å². The first kappa shape index (κ1) is 22.3. The molecule has 0 atom stereocenters. The maximum atomic E-state index is 5.67. The summed E-state index contributed by atoms with van der Waals surface area (Å²) in [6, 6.07) is 12.7. The zero-order valence-electron chi connectivity index (χ0n) is 19.0. The van der Waals surface area contributed by atoms with E-state index in [1.165, 1.54) is 11.9 Å². The Hall–Kier alpha value is -4.45. The smallest absolute Gasteiger partial charge is 0.213 e. The van der Waals surface area contributed by atoms with Crippen LogP contribution in [0.2, 0.25) is 0 Å². The molecule has 0 radical (unpaired) electrons. The summed E-state index contributed by atoms with van der Waals surface area (Å²) in [6.07, 6.45) is 4.93. The van der Waals surface area contributed by atoms with Gasteiger partial charge in [-0.2, -0.15) is 0 Å². The largest absolute Gasteiger partial charge is 0.494 e. The first-order valence-electron chi connectivity index (χ1n) is 10.4. The Morgan fingerprint density at radius 3 is 2.26 bits per heavy atom. The summed E-state index contributed by atoms with van der Waals surface area (Å²) in [6.45, 7) is 0. The molecular weight excluding hydrogens is 468 g/mol. The van der Waals surface area contributed by atoms with Crippen molar-refractivity contribution in [1.82, 2.24) is 34.5 Å². The number of para-hydroxylation sites is 1. The summed E-state index contributed by atoms with van der Waals surface area (Å²) < 4.78 is 21.6. The van der Waals surface area contributed by atoms with Crippen molar-refractivity contribution in [3.05, 3.63) is 61.1 Å². The molecule has 0 aliphatic rings. The van der Waals surface area contributed by atoms with Gasteiger partial charge in [0.2, 0.25) is 11.0 Å². The molecule has 0 bridgehead atoms. The van der Waals surface area contributed by atoms with Gasteiger partial charge in [0.25, 0.3) is 0 Å². The fourth-order valence-corrected chi connectivity index (χ4v) is 3.95. The minimum Gasteiger partial charge on any atom is -0.494 e. The second kappa shape index (κ2) is 9.81. The van der Waals surface area contributed by atoms with Crippen molar-refractivity contribution in [2.24, 2.45) is 0 Å². The van der Waals surface area contributed by atoms with E-state index >= 15 is 0 Å². The summed E-state index contributed by atoms with van der Waals surface area (Å²) in [4.78, 5) is 27.0. The van der Waals surface area contributed by atoms with Gasteiger partial charge in [-0.15, -0.1) is 0 Å². The third-order valence-electron chi connectivity index (χ3n) is 4.95. The number of nitrogens with one attached hydrogen (secondary N) is 1. The summed E-state index contributed by atoms with van der Waals surface area (Å²) in [5, 5.41) is 0.551. The standard InChI is InChI=1S/C23H20N8O3S/c1-32-15-8-5-9-16(33-2)19(15)31-21(14-7-4-10-18(27-14)34-3)29-20-22(31)28-17(13-26-20)30-35-23-24-11-6-12-25-23/h4-13H,1-3H3,(H,28,30). The van der Waals surface area contributed by atoms with Crippen LogP contribution in [0.3, 0.4) is 0 Å². The monoisotopic (exact) mass is 488 g/mol. The molecule has 11 nitrogen and oxygen atoms in total. The van der Waals surface area contributed by atoms with Crippen molar-refractivity contribution in [1.29, 1.82) is 0 Å². The van der Waals surface area contributed by atoms with Gasteiger partial charge in [0.05, 0.1) is 27.5 Å². The van der Waals surface area contributed by atoms with Crippen molar-refractivity contribution in [2.45, 2.75) is 5.16 Å². The van der Waals surface area contributed by atoms with E-state index in [-0.39, 0.29) is 0 Å². The number of hydrogen-bond acceptors (Lipinski definition) is 11. The lowest BCUT2D eigenvalue weighted by Gasteiger charge is -2.16. The molecule has 176 valence electrons. The lowest BCUT2D eigenvalue weighted by atomic mass is 10.2. The number of fused-ring (bicyclic) bond motifs is 1. The first-order valence-corrected chi connectivity index (χ1v) is 11.2. The molecule has 0 spiro atoms. The van der Waals surface area contributed by atoms with E-state index in [1.807, 2.05) is 34.9 Å². The van der Waals surface area contributed by atoms with Gasteiger partial charge in [0, 0.05) is 30.4 Å². The number of aromatic nitrogens is 7. The second-order valence-electron chi connectivity index (χ2n) is 6.99. The molecule has 0 saturated heterocycles. The number of hydrogen-bond donors (Lipinski definition) is 1. The van der Waals surface area contributed by atoms with Crippen LogP contribution in [0, 0.1) is 0 Å². The number of nitrogens with zero attached hydrogens (tertiary/aromatic N) is 7. The highest BCUT2D eigenvalue weighted by atomic mass is 32.2. The maximum Gasteiger partial charge on any atom is 0.213 e. The van der Waals surface area contributed by atoms with E-state index in [0.717, 1.165) is 0 Å². The molecule has 4 heterocycles. The molecule has 1 N–H and O–H groups in total. The van der Waals surface area contributed by atoms with Gasteiger partial charge in [0.15, 0.2) is 22.9 Å². The van der Waals surface area contributed by atoms with Crippen LogP contribution in [0.5, 0.6) is 17.4 Å². The van der Waals surface area contributed by atoms with Crippen LogP contribution < -0.4 is 18.9 Å². The number of imidazole rings is 1. The number of methoxy groups -OCH3 is 3. The van der Waals surface area contributed by atoms with Gasteiger partial charge in [-0.05, 0) is 24.3 Å². The summed E-state index contributed by atoms with van der Waals surface area (Å²) >= 11 is 1.22. The van der Waals surface area contributed by atoms with Crippen molar-refractivity contribution in [2.75, 3.05) is 26.1 Å². The summed E-state index contributed by atoms with van der Waals surface area (Å²) in [5.74, 6) is 2.59. The van der Waals surface area contributed by atoms with Gasteiger partial charge in [-0.25, -0.2) is 29.9 Å². The van der Waals surface area contributed by atoms with E-state index < -0.39 is 0 Å². The van der Waals surface area contributed by atoms with Gasteiger partial charge >= 0.3 is 0 Å². The fraction of sp³-hybridized carbons (Fsp3) is 0.130. The van der Waals surface area contributed by atoms with E-state index in [2.05, 4.69) is 24.7 Å². The Balaban J connectivity index is 1.71. The minimum atomic E-state index is 0.420. The highest BCUT2D eigenvalue weighted by Crippen LogP contribution is 2.38. The number of benzene rings is 1. The number of ether oxygens (including phenoxy) is 3. The third-order valence-corrected chi connectivity index (χ3v) is 5.65. The highest BCUT2D eigenvalue weighted by Gasteiger charge is 2.24. The second-order valence-corrected chi connectivity index (χ2v) is 7.76. The maximum absolute atomic E-state index is 5.67. The van der Waals surface area contributed by atoms with Crippen LogP contribution in [0.1, 0.15) is 0 Å². The van der Waals surface area contributed by atoms with Crippen LogP contribution in [-0.4, -0.2) is 55.8 Å². The molecular formula is C23H20N8O3S. The zero-order chi connectivity index (χ0) is 24.2. The Kier molecular flexibility index (Phi) is 6.26. The normalized spacial score (nSPS) is 10.8. The van der Waals surface area contributed by atoms with Gasteiger partial charge in [-0.1, -0.05) is 12.1 Å². The molecule has 5 aromatic rings. The number of anilines is 1. The van der Waals surface area contributed by atoms with E-state index in [9.17, 15) is 0 Å². The molecule has 0 amide bonds. The molecule has 12 heteroatoms. The van der Waals surface area contributed by atoms with Gasteiger partial charge in [0.1, 0.15) is 22.9 Å². The zero-order valence-corrected chi connectivity index (χ0v) is 19.9. The predicted octanol–water partition coefficient (Wildman–Crippen LogP) is 3.81.